The van der Waals surface area contributed by atoms with Crippen LogP contribution in [-0.4, -0.2) is 12.1 Å². The molecule has 0 unspecified atom stereocenters. The van der Waals surface area contributed by atoms with Crippen LogP contribution in [0, 0.1) is 11.8 Å². The summed E-state index contributed by atoms with van der Waals surface area (Å²) in [6.07, 6.45) is 3.87. The van der Waals surface area contributed by atoms with Crippen LogP contribution in [0.2, 0.25) is 0 Å². The average molecular weight is 210 g/mol. The second kappa shape index (κ2) is 5.34. The van der Waals surface area contributed by atoms with Crippen molar-refractivity contribution in [3.8, 4) is 0 Å². The summed E-state index contributed by atoms with van der Waals surface area (Å²) in [7, 11) is 0. The molecule has 1 aliphatic carbocycles. The van der Waals surface area contributed by atoms with E-state index in [1.54, 1.807) is 0 Å². The van der Waals surface area contributed by atoms with Gasteiger partial charge in [0.25, 0.3) is 0 Å². The highest BCUT2D eigenvalue weighted by Crippen LogP contribution is 2.34. The second-order valence-electron chi connectivity index (χ2n) is 4.72. The number of hydrogen-bond donors (Lipinski definition) is 0. The number of ether oxygens (including phenoxy) is 1. The maximum Gasteiger partial charge on any atom is 0.305 e. The Bertz CT molecular complexity index is 245. The highest BCUT2D eigenvalue weighted by atomic mass is 16.5. The minimum Gasteiger partial charge on any atom is -0.462 e. The van der Waals surface area contributed by atoms with Crippen molar-refractivity contribution < 1.29 is 9.53 Å². The molecule has 0 radical (unpaired) electrons. The Morgan fingerprint density at radius 3 is 2.67 bits per heavy atom. The van der Waals surface area contributed by atoms with Gasteiger partial charge in [-0.3, -0.25) is 4.79 Å². The van der Waals surface area contributed by atoms with Gasteiger partial charge in [-0.05, 0) is 38.0 Å². The molecule has 0 aromatic rings. The SMILES string of the molecule is C=C(C)[C@H]1CC[C@H](C)[C@@H](OC(=O)CC)C1. The van der Waals surface area contributed by atoms with Gasteiger partial charge in [0.1, 0.15) is 6.10 Å². The number of hydrogen-bond acceptors (Lipinski definition) is 2. The molecule has 0 aliphatic heterocycles. The third-order valence-corrected chi connectivity index (χ3v) is 3.39. The molecule has 0 bridgehead atoms. The van der Waals surface area contributed by atoms with Gasteiger partial charge in [0.2, 0.25) is 0 Å². The molecule has 1 rings (SSSR count). The van der Waals surface area contributed by atoms with Crippen molar-refractivity contribution >= 4 is 5.97 Å². The number of carbonyl (C=O) groups is 1. The van der Waals surface area contributed by atoms with Crippen molar-refractivity contribution in [3.63, 3.8) is 0 Å². The maximum absolute atomic E-state index is 11.3. The van der Waals surface area contributed by atoms with Crippen molar-refractivity contribution in [2.24, 2.45) is 11.8 Å². The number of rotatable bonds is 3. The molecule has 0 spiro atoms. The lowest BCUT2D eigenvalue weighted by Gasteiger charge is -2.34. The molecule has 0 aromatic carbocycles. The molecular weight excluding hydrogens is 188 g/mol. The van der Waals surface area contributed by atoms with Crippen LogP contribution in [0.1, 0.15) is 46.5 Å². The summed E-state index contributed by atoms with van der Waals surface area (Å²) in [5.74, 6) is 0.959. The summed E-state index contributed by atoms with van der Waals surface area (Å²) >= 11 is 0. The van der Waals surface area contributed by atoms with Crippen LogP contribution in [0.4, 0.5) is 0 Å². The zero-order chi connectivity index (χ0) is 11.4. The summed E-state index contributed by atoms with van der Waals surface area (Å²) in [4.78, 5) is 11.3. The zero-order valence-corrected chi connectivity index (χ0v) is 10.1. The topological polar surface area (TPSA) is 26.3 Å². The summed E-state index contributed by atoms with van der Waals surface area (Å²) in [6.45, 7) is 10.1. The van der Waals surface area contributed by atoms with Crippen molar-refractivity contribution in [2.45, 2.75) is 52.6 Å². The van der Waals surface area contributed by atoms with Crippen molar-refractivity contribution in [3.05, 3.63) is 12.2 Å². The van der Waals surface area contributed by atoms with E-state index in [9.17, 15) is 4.79 Å². The molecular formula is C13H22O2. The van der Waals surface area contributed by atoms with Gasteiger partial charge in [0.05, 0.1) is 0 Å². The summed E-state index contributed by atoms with van der Waals surface area (Å²) in [5, 5.41) is 0. The molecule has 2 heteroatoms. The van der Waals surface area contributed by atoms with Crippen LogP contribution in [0.15, 0.2) is 12.2 Å². The van der Waals surface area contributed by atoms with Crippen LogP contribution >= 0.6 is 0 Å². The van der Waals surface area contributed by atoms with E-state index in [2.05, 4.69) is 20.4 Å². The van der Waals surface area contributed by atoms with Crippen LogP contribution in [0.5, 0.6) is 0 Å². The van der Waals surface area contributed by atoms with E-state index < -0.39 is 0 Å². The monoisotopic (exact) mass is 210 g/mol. The summed E-state index contributed by atoms with van der Waals surface area (Å²) in [6, 6.07) is 0. The van der Waals surface area contributed by atoms with Gasteiger partial charge in [0.15, 0.2) is 0 Å². The lowest BCUT2D eigenvalue weighted by Crippen LogP contribution is -2.32. The Hall–Kier alpha value is -0.790. The number of esters is 1. The molecule has 86 valence electrons. The minimum absolute atomic E-state index is 0.0748. The third-order valence-electron chi connectivity index (χ3n) is 3.39. The lowest BCUT2D eigenvalue weighted by molar-refractivity contribution is -0.153. The largest absolute Gasteiger partial charge is 0.462 e. The van der Waals surface area contributed by atoms with Gasteiger partial charge in [-0.2, -0.15) is 0 Å². The standard InChI is InChI=1S/C13H22O2/c1-5-13(14)15-12-8-11(9(2)3)7-6-10(12)4/h10-12H,2,5-8H2,1,3-4H3/t10-,11-,12-/m0/s1. The molecule has 15 heavy (non-hydrogen) atoms. The van der Waals surface area contributed by atoms with Gasteiger partial charge >= 0.3 is 5.97 Å². The second-order valence-corrected chi connectivity index (χ2v) is 4.72. The first-order valence-corrected chi connectivity index (χ1v) is 5.89. The van der Waals surface area contributed by atoms with E-state index in [1.165, 1.54) is 12.0 Å². The number of carbonyl (C=O) groups excluding carboxylic acids is 1. The van der Waals surface area contributed by atoms with Gasteiger partial charge in [-0.25, -0.2) is 0 Å². The third kappa shape index (κ3) is 3.37. The Morgan fingerprint density at radius 1 is 1.47 bits per heavy atom. The van der Waals surface area contributed by atoms with E-state index in [4.69, 9.17) is 4.74 Å². The molecule has 2 nitrogen and oxygen atoms in total. The van der Waals surface area contributed by atoms with E-state index in [0.29, 0.717) is 18.3 Å². The summed E-state index contributed by atoms with van der Waals surface area (Å²) < 4.78 is 5.45. The smallest absolute Gasteiger partial charge is 0.305 e. The normalized spacial score (nSPS) is 31.0. The van der Waals surface area contributed by atoms with Crippen LogP contribution in [0.25, 0.3) is 0 Å². The Balaban J connectivity index is 2.53. The fourth-order valence-corrected chi connectivity index (χ4v) is 2.14. The Morgan fingerprint density at radius 2 is 2.13 bits per heavy atom. The van der Waals surface area contributed by atoms with Gasteiger partial charge in [-0.1, -0.05) is 26.0 Å². The van der Waals surface area contributed by atoms with Crippen molar-refractivity contribution in [1.29, 1.82) is 0 Å². The lowest BCUT2D eigenvalue weighted by atomic mass is 9.78. The van der Waals surface area contributed by atoms with Crippen molar-refractivity contribution in [2.75, 3.05) is 0 Å². The molecule has 0 amide bonds. The van der Waals surface area contributed by atoms with Gasteiger partial charge in [-0.15, -0.1) is 0 Å². The van der Waals surface area contributed by atoms with Crippen molar-refractivity contribution in [1.82, 2.24) is 0 Å². The molecule has 1 fully saturated rings. The first-order chi connectivity index (χ1) is 7.04. The first kappa shape index (κ1) is 12.3. The van der Waals surface area contributed by atoms with E-state index in [-0.39, 0.29) is 12.1 Å². The number of allylic oxidation sites excluding steroid dienone is 1. The Labute approximate surface area is 92.7 Å². The predicted molar refractivity (Wildman–Crippen MR) is 61.5 cm³/mol. The highest BCUT2D eigenvalue weighted by molar-refractivity contribution is 5.69. The fraction of sp³-hybridized carbons (Fsp3) is 0.769. The van der Waals surface area contributed by atoms with Crippen LogP contribution in [-0.2, 0) is 9.53 Å². The molecule has 3 atom stereocenters. The van der Waals surface area contributed by atoms with E-state index in [0.717, 1.165) is 12.8 Å². The molecule has 1 saturated carbocycles. The summed E-state index contributed by atoms with van der Waals surface area (Å²) in [5.41, 5.74) is 1.22. The zero-order valence-electron chi connectivity index (χ0n) is 10.1. The average Bonchev–Trinajstić information content (AvgIpc) is 2.20. The Kier molecular flexibility index (Phi) is 4.37. The molecule has 0 heterocycles. The van der Waals surface area contributed by atoms with E-state index >= 15 is 0 Å². The maximum atomic E-state index is 11.3. The quantitative estimate of drug-likeness (QED) is 0.527. The highest BCUT2D eigenvalue weighted by Gasteiger charge is 2.30. The minimum atomic E-state index is -0.0748. The van der Waals surface area contributed by atoms with Gasteiger partial charge < -0.3 is 4.74 Å². The molecule has 1 aliphatic rings. The fourth-order valence-electron chi connectivity index (χ4n) is 2.14. The predicted octanol–water partition coefficient (Wildman–Crippen LogP) is 3.32. The van der Waals surface area contributed by atoms with E-state index in [1.807, 2.05) is 6.92 Å². The van der Waals surface area contributed by atoms with Crippen LogP contribution in [0.3, 0.4) is 0 Å². The van der Waals surface area contributed by atoms with Gasteiger partial charge in [0, 0.05) is 6.42 Å². The molecule has 0 aromatic heterocycles. The first-order valence-electron chi connectivity index (χ1n) is 5.89. The molecule has 0 N–H and O–H groups in total. The van der Waals surface area contributed by atoms with Crippen LogP contribution < -0.4 is 0 Å². The molecule has 0 saturated heterocycles.